The highest BCUT2D eigenvalue weighted by molar-refractivity contribution is 5.22. The first-order chi connectivity index (χ1) is 7.49. The first-order valence-electron chi connectivity index (χ1n) is 7.28. The fourth-order valence-corrected chi connectivity index (χ4v) is 6.02. The minimum atomic E-state index is 0.218. The summed E-state index contributed by atoms with van der Waals surface area (Å²) in [7, 11) is 0. The van der Waals surface area contributed by atoms with E-state index in [2.05, 4.69) is 13.8 Å². The van der Waals surface area contributed by atoms with Crippen molar-refractivity contribution in [2.75, 3.05) is 0 Å². The molecule has 0 heterocycles. The number of hydrogen-bond donors (Lipinski definition) is 1. The summed E-state index contributed by atoms with van der Waals surface area (Å²) in [5, 5.41) is 0. The van der Waals surface area contributed by atoms with Gasteiger partial charge in [0.2, 0.25) is 0 Å². The minimum Gasteiger partial charge on any atom is -0.324 e. The third-order valence-electron chi connectivity index (χ3n) is 6.69. The fourth-order valence-electron chi connectivity index (χ4n) is 6.02. The zero-order valence-corrected chi connectivity index (χ0v) is 10.7. The van der Waals surface area contributed by atoms with E-state index in [1.54, 1.807) is 6.42 Å². The predicted octanol–water partition coefficient (Wildman–Crippen LogP) is 3.19. The lowest BCUT2D eigenvalue weighted by Crippen LogP contribution is -2.54. The molecule has 0 amide bonds. The summed E-state index contributed by atoms with van der Waals surface area (Å²) in [6.45, 7) is 4.77. The average Bonchev–Trinajstić information content (AvgIpc) is 2.63. The van der Waals surface area contributed by atoms with E-state index >= 15 is 0 Å². The van der Waals surface area contributed by atoms with Crippen molar-refractivity contribution in [3.05, 3.63) is 0 Å². The van der Waals surface area contributed by atoms with Gasteiger partial charge in [0, 0.05) is 5.54 Å². The molecule has 1 heteroatoms. The van der Waals surface area contributed by atoms with E-state index in [-0.39, 0.29) is 5.54 Å². The standard InChI is InChI=1S/C15H25N/c1-14(2)8-15(14,16)13-11-4-9-3-10(6-11)7-12(13)5-9/h9-13H,3-8,16H2,1-2H3. The van der Waals surface area contributed by atoms with Crippen molar-refractivity contribution in [3.8, 4) is 0 Å². The van der Waals surface area contributed by atoms with Gasteiger partial charge in [-0.2, -0.15) is 0 Å². The zero-order chi connectivity index (χ0) is 11.1. The Bertz CT molecular complexity index is 304. The predicted molar refractivity (Wildman–Crippen MR) is 65.9 cm³/mol. The molecule has 4 bridgehead atoms. The molecule has 0 aliphatic heterocycles. The van der Waals surface area contributed by atoms with Crippen LogP contribution in [0.1, 0.15) is 52.4 Å². The summed E-state index contributed by atoms with van der Waals surface area (Å²) >= 11 is 0. The lowest BCUT2D eigenvalue weighted by atomic mass is 9.49. The molecule has 1 nitrogen and oxygen atoms in total. The van der Waals surface area contributed by atoms with Gasteiger partial charge in [0.15, 0.2) is 0 Å². The van der Waals surface area contributed by atoms with Crippen molar-refractivity contribution >= 4 is 0 Å². The highest BCUT2D eigenvalue weighted by atomic mass is 14.9. The van der Waals surface area contributed by atoms with E-state index in [9.17, 15) is 0 Å². The summed E-state index contributed by atoms with van der Waals surface area (Å²) < 4.78 is 0. The van der Waals surface area contributed by atoms with Crippen molar-refractivity contribution < 1.29 is 0 Å². The smallest absolute Gasteiger partial charge is 0.0246 e. The molecule has 90 valence electrons. The lowest BCUT2D eigenvalue weighted by Gasteiger charge is -2.57. The van der Waals surface area contributed by atoms with E-state index in [4.69, 9.17) is 5.73 Å². The summed E-state index contributed by atoms with van der Waals surface area (Å²) in [5.74, 6) is 5.06. The monoisotopic (exact) mass is 219 g/mol. The summed E-state index contributed by atoms with van der Waals surface area (Å²) in [6, 6.07) is 0. The molecule has 5 rings (SSSR count). The van der Waals surface area contributed by atoms with Crippen molar-refractivity contribution in [2.24, 2.45) is 40.7 Å². The highest BCUT2D eigenvalue weighted by Crippen LogP contribution is 2.68. The van der Waals surface area contributed by atoms with Gasteiger partial charge in [-0.05, 0) is 73.5 Å². The maximum Gasteiger partial charge on any atom is 0.0246 e. The largest absolute Gasteiger partial charge is 0.324 e. The molecule has 5 aliphatic rings. The number of rotatable bonds is 1. The van der Waals surface area contributed by atoms with Crippen molar-refractivity contribution in [1.29, 1.82) is 0 Å². The van der Waals surface area contributed by atoms with Crippen LogP contribution < -0.4 is 5.73 Å². The van der Waals surface area contributed by atoms with Crippen molar-refractivity contribution in [1.82, 2.24) is 0 Å². The van der Waals surface area contributed by atoms with E-state index in [1.165, 1.54) is 32.1 Å². The second kappa shape index (κ2) is 2.68. The molecule has 0 spiro atoms. The van der Waals surface area contributed by atoms with E-state index in [0.717, 1.165) is 29.6 Å². The molecular formula is C15H25N. The Morgan fingerprint density at radius 3 is 1.69 bits per heavy atom. The van der Waals surface area contributed by atoms with Crippen molar-refractivity contribution in [2.45, 2.75) is 57.9 Å². The van der Waals surface area contributed by atoms with E-state index in [0.29, 0.717) is 5.41 Å². The molecule has 5 fully saturated rings. The van der Waals surface area contributed by atoms with Gasteiger partial charge in [0.1, 0.15) is 0 Å². The SMILES string of the molecule is CC1(C)CC1(N)C1C2CC3CC(C2)CC1C3. The normalized spacial score (nSPS) is 61.3. The molecule has 1 atom stereocenters. The highest BCUT2D eigenvalue weighted by Gasteiger charge is 2.67. The third-order valence-corrected chi connectivity index (χ3v) is 6.69. The van der Waals surface area contributed by atoms with Gasteiger partial charge in [-0.1, -0.05) is 13.8 Å². The van der Waals surface area contributed by atoms with Crippen LogP contribution in [-0.2, 0) is 0 Å². The van der Waals surface area contributed by atoms with Crippen LogP contribution in [0.15, 0.2) is 0 Å². The summed E-state index contributed by atoms with van der Waals surface area (Å²) in [4.78, 5) is 0. The van der Waals surface area contributed by atoms with Crippen LogP contribution >= 0.6 is 0 Å². The first kappa shape index (κ1) is 9.94. The molecular weight excluding hydrogens is 194 g/mol. The number of hydrogen-bond acceptors (Lipinski definition) is 1. The molecule has 5 aliphatic carbocycles. The topological polar surface area (TPSA) is 26.0 Å². The number of nitrogens with two attached hydrogens (primary N) is 1. The van der Waals surface area contributed by atoms with Gasteiger partial charge >= 0.3 is 0 Å². The van der Waals surface area contributed by atoms with Gasteiger partial charge in [-0.15, -0.1) is 0 Å². The van der Waals surface area contributed by atoms with Gasteiger partial charge in [-0.3, -0.25) is 0 Å². The third kappa shape index (κ3) is 1.06. The van der Waals surface area contributed by atoms with Crippen LogP contribution in [-0.4, -0.2) is 5.54 Å². The van der Waals surface area contributed by atoms with E-state index < -0.39 is 0 Å². The van der Waals surface area contributed by atoms with Crippen LogP contribution in [0.5, 0.6) is 0 Å². The Kier molecular flexibility index (Phi) is 1.67. The van der Waals surface area contributed by atoms with Crippen LogP contribution in [0, 0.1) is 35.0 Å². The Balaban J connectivity index is 1.66. The molecule has 1 unspecified atom stereocenters. The molecule has 0 aromatic carbocycles. The second-order valence-electron chi connectivity index (χ2n) is 8.06. The quantitative estimate of drug-likeness (QED) is 0.720. The van der Waals surface area contributed by atoms with Crippen molar-refractivity contribution in [3.63, 3.8) is 0 Å². The summed E-state index contributed by atoms with van der Waals surface area (Å²) in [6.07, 6.45) is 8.92. The van der Waals surface area contributed by atoms with Crippen LogP contribution in [0.3, 0.4) is 0 Å². The van der Waals surface area contributed by atoms with E-state index in [1.807, 2.05) is 0 Å². The molecule has 0 aromatic heterocycles. The molecule has 0 radical (unpaired) electrons. The zero-order valence-electron chi connectivity index (χ0n) is 10.7. The van der Waals surface area contributed by atoms with Crippen LogP contribution in [0.25, 0.3) is 0 Å². The Morgan fingerprint density at radius 1 is 0.875 bits per heavy atom. The summed E-state index contributed by atoms with van der Waals surface area (Å²) in [5.41, 5.74) is 7.41. The van der Waals surface area contributed by atoms with Gasteiger partial charge in [-0.25, -0.2) is 0 Å². The molecule has 16 heavy (non-hydrogen) atoms. The Morgan fingerprint density at radius 2 is 1.31 bits per heavy atom. The maximum absolute atomic E-state index is 6.75. The Hall–Kier alpha value is -0.0400. The molecule has 5 saturated carbocycles. The van der Waals surface area contributed by atoms with Crippen LogP contribution in [0.4, 0.5) is 0 Å². The average molecular weight is 219 g/mol. The van der Waals surface area contributed by atoms with Gasteiger partial charge in [0.25, 0.3) is 0 Å². The van der Waals surface area contributed by atoms with Gasteiger partial charge < -0.3 is 5.73 Å². The minimum absolute atomic E-state index is 0.218. The van der Waals surface area contributed by atoms with Gasteiger partial charge in [0.05, 0.1) is 0 Å². The molecule has 0 saturated heterocycles. The second-order valence-corrected chi connectivity index (χ2v) is 8.06. The maximum atomic E-state index is 6.75. The first-order valence-corrected chi connectivity index (χ1v) is 7.28. The van der Waals surface area contributed by atoms with Crippen LogP contribution in [0.2, 0.25) is 0 Å². The fraction of sp³-hybridized carbons (Fsp3) is 1.00. The molecule has 2 N–H and O–H groups in total. The molecule has 0 aromatic rings. The lowest BCUT2D eigenvalue weighted by molar-refractivity contribution is -0.0564. The Labute approximate surface area is 99.2 Å².